The van der Waals surface area contributed by atoms with Crippen LogP contribution in [0.5, 0.6) is 0 Å². The van der Waals surface area contributed by atoms with Gasteiger partial charge in [0.25, 0.3) is 0 Å². The summed E-state index contributed by atoms with van der Waals surface area (Å²) in [6, 6.07) is 3.13. The molecule has 0 aliphatic carbocycles. The molecule has 5 nitrogen and oxygen atoms in total. The lowest BCUT2D eigenvalue weighted by molar-refractivity contribution is -0.144. The van der Waals surface area contributed by atoms with Gasteiger partial charge in [0.1, 0.15) is 5.92 Å². The fourth-order valence-corrected chi connectivity index (χ4v) is 0.999. The fraction of sp³-hybridized carbons (Fsp3) is 0.222. The van der Waals surface area contributed by atoms with E-state index in [4.69, 9.17) is 16.7 Å². The second-order valence-electron chi connectivity index (χ2n) is 2.89. The Morgan fingerprint density at radius 1 is 1.60 bits per heavy atom. The maximum absolute atomic E-state index is 11.3. The van der Waals surface area contributed by atoms with Gasteiger partial charge in [-0.1, -0.05) is 11.6 Å². The molecule has 1 amide bonds. The number of pyridine rings is 1. The summed E-state index contributed by atoms with van der Waals surface area (Å²) in [5, 5.41) is 11.1. The van der Waals surface area contributed by atoms with Crippen molar-refractivity contribution in [1.82, 2.24) is 4.98 Å². The van der Waals surface area contributed by atoms with Crippen LogP contribution in [0.25, 0.3) is 0 Å². The van der Waals surface area contributed by atoms with Crippen LogP contribution in [0.2, 0.25) is 5.15 Å². The quantitative estimate of drug-likeness (QED) is 0.605. The van der Waals surface area contributed by atoms with Crippen LogP contribution in [0.3, 0.4) is 0 Å². The first kappa shape index (κ1) is 11.5. The third-order valence-corrected chi connectivity index (χ3v) is 2.08. The molecule has 1 atom stereocenters. The molecule has 1 aromatic heterocycles. The molecule has 80 valence electrons. The summed E-state index contributed by atoms with van der Waals surface area (Å²) >= 11 is 5.68. The lowest BCUT2D eigenvalue weighted by Crippen LogP contribution is -2.27. The Labute approximate surface area is 91.1 Å². The predicted octanol–water partition coefficient (Wildman–Crippen LogP) is 1.39. The SMILES string of the molecule is CC(C(=O)O)C(=O)Nc1cccnc1Cl. The molecule has 2 N–H and O–H groups in total. The van der Waals surface area contributed by atoms with Crippen LogP contribution in [0.1, 0.15) is 6.92 Å². The number of carbonyl (C=O) groups is 2. The zero-order valence-electron chi connectivity index (χ0n) is 7.90. The zero-order chi connectivity index (χ0) is 11.4. The Bertz CT molecular complexity index is 395. The number of aliphatic carboxylic acids is 1. The second-order valence-corrected chi connectivity index (χ2v) is 3.25. The number of carboxylic acids is 1. The highest BCUT2D eigenvalue weighted by atomic mass is 35.5. The molecule has 1 aromatic rings. The minimum Gasteiger partial charge on any atom is -0.481 e. The molecule has 0 radical (unpaired) electrons. The summed E-state index contributed by atoms with van der Waals surface area (Å²) in [4.78, 5) is 25.6. The molecular weight excluding hydrogens is 220 g/mol. The molecule has 0 spiro atoms. The van der Waals surface area contributed by atoms with Crippen molar-refractivity contribution in [3.05, 3.63) is 23.5 Å². The first-order valence-corrected chi connectivity index (χ1v) is 4.54. The maximum atomic E-state index is 11.3. The molecular formula is C9H9ClN2O3. The van der Waals surface area contributed by atoms with Gasteiger partial charge in [0.2, 0.25) is 5.91 Å². The number of amides is 1. The molecule has 0 bridgehead atoms. The first-order chi connectivity index (χ1) is 7.02. The normalized spacial score (nSPS) is 11.9. The number of nitrogens with one attached hydrogen (secondary N) is 1. The smallest absolute Gasteiger partial charge is 0.315 e. The summed E-state index contributed by atoms with van der Waals surface area (Å²) in [5.74, 6) is -2.94. The van der Waals surface area contributed by atoms with Crippen LogP contribution in [-0.2, 0) is 9.59 Å². The van der Waals surface area contributed by atoms with Crippen LogP contribution < -0.4 is 5.32 Å². The Kier molecular flexibility index (Phi) is 3.62. The fourth-order valence-electron chi connectivity index (χ4n) is 0.832. The van der Waals surface area contributed by atoms with E-state index in [-0.39, 0.29) is 5.15 Å². The highest BCUT2D eigenvalue weighted by Gasteiger charge is 2.21. The van der Waals surface area contributed by atoms with Crippen molar-refractivity contribution in [3.8, 4) is 0 Å². The second kappa shape index (κ2) is 4.75. The molecule has 6 heteroatoms. The number of rotatable bonds is 3. The standard InChI is InChI=1S/C9H9ClN2O3/c1-5(9(14)15)8(13)12-6-3-2-4-11-7(6)10/h2-5H,1H3,(H,12,13)(H,14,15). The van der Waals surface area contributed by atoms with Crippen LogP contribution in [0, 0.1) is 5.92 Å². The Morgan fingerprint density at radius 3 is 2.80 bits per heavy atom. The average Bonchev–Trinajstić information content (AvgIpc) is 2.20. The van der Waals surface area contributed by atoms with E-state index >= 15 is 0 Å². The number of nitrogens with zero attached hydrogens (tertiary/aromatic N) is 1. The van der Waals surface area contributed by atoms with Gasteiger partial charge >= 0.3 is 5.97 Å². The third-order valence-electron chi connectivity index (χ3n) is 1.78. The van der Waals surface area contributed by atoms with Gasteiger partial charge in [-0.25, -0.2) is 4.98 Å². The highest BCUT2D eigenvalue weighted by molar-refractivity contribution is 6.32. The third kappa shape index (κ3) is 2.92. The molecule has 1 unspecified atom stereocenters. The van der Waals surface area contributed by atoms with Gasteiger partial charge in [-0.3, -0.25) is 9.59 Å². The minimum atomic E-state index is -1.19. The minimum absolute atomic E-state index is 0.128. The molecule has 0 aliphatic rings. The van der Waals surface area contributed by atoms with Crippen molar-refractivity contribution in [2.24, 2.45) is 5.92 Å². The summed E-state index contributed by atoms with van der Waals surface area (Å²) in [7, 11) is 0. The number of carbonyl (C=O) groups excluding carboxylic acids is 1. The van der Waals surface area contributed by atoms with E-state index in [0.717, 1.165) is 0 Å². The van der Waals surface area contributed by atoms with E-state index < -0.39 is 17.8 Å². The van der Waals surface area contributed by atoms with Crippen LogP contribution >= 0.6 is 11.6 Å². The van der Waals surface area contributed by atoms with Gasteiger partial charge in [0, 0.05) is 6.20 Å². The summed E-state index contributed by atoms with van der Waals surface area (Å²) in [6.45, 7) is 1.29. The van der Waals surface area contributed by atoms with E-state index in [9.17, 15) is 9.59 Å². The number of aromatic nitrogens is 1. The molecule has 0 saturated carbocycles. The van der Waals surface area contributed by atoms with E-state index in [1.807, 2.05) is 0 Å². The monoisotopic (exact) mass is 228 g/mol. The van der Waals surface area contributed by atoms with E-state index in [1.54, 1.807) is 12.1 Å². The van der Waals surface area contributed by atoms with Crippen molar-refractivity contribution in [3.63, 3.8) is 0 Å². The van der Waals surface area contributed by atoms with Crippen molar-refractivity contribution in [2.75, 3.05) is 5.32 Å². The molecule has 0 saturated heterocycles. The number of hydrogen-bond acceptors (Lipinski definition) is 3. The maximum Gasteiger partial charge on any atom is 0.315 e. The van der Waals surface area contributed by atoms with Gasteiger partial charge in [-0.05, 0) is 19.1 Å². The number of anilines is 1. The van der Waals surface area contributed by atoms with Crippen LogP contribution in [0.15, 0.2) is 18.3 Å². The number of hydrogen-bond donors (Lipinski definition) is 2. The summed E-state index contributed by atoms with van der Waals surface area (Å²) in [5.41, 5.74) is 0.303. The van der Waals surface area contributed by atoms with Crippen molar-refractivity contribution in [2.45, 2.75) is 6.92 Å². The van der Waals surface area contributed by atoms with Gasteiger partial charge in [-0.2, -0.15) is 0 Å². The van der Waals surface area contributed by atoms with Crippen molar-refractivity contribution < 1.29 is 14.7 Å². The van der Waals surface area contributed by atoms with Crippen molar-refractivity contribution in [1.29, 1.82) is 0 Å². The van der Waals surface area contributed by atoms with Gasteiger partial charge in [0.15, 0.2) is 5.15 Å². The van der Waals surface area contributed by atoms with Crippen LogP contribution in [-0.4, -0.2) is 22.0 Å². The van der Waals surface area contributed by atoms with E-state index in [1.165, 1.54) is 13.1 Å². The van der Waals surface area contributed by atoms with Crippen molar-refractivity contribution >= 4 is 29.2 Å². The lowest BCUT2D eigenvalue weighted by Gasteiger charge is -2.08. The Morgan fingerprint density at radius 2 is 2.27 bits per heavy atom. The Balaban J connectivity index is 2.75. The molecule has 1 heterocycles. The lowest BCUT2D eigenvalue weighted by atomic mass is 10.1. The summed E-state index contributed by atoms with van der Waals surface area (Å²) < 4.78 is 0. The Hall–Kier alpha value is -1.62. The highest BCUT2D eigenvalue weighted by Crippen LogP contribution is 2.18. The summed E-state index contributed by atoms with van der Waals surface area (Å²) in [6.07, 6.45) is 1.47. The molecule has 0 fully saturated rings. The molecule has 15 heavy (non-hydrogen) atoms. The van der Waals surface area contributed by atoms with E-state index in [2.05, 4.69) is 10.3 Å². The molecule has 0 aliphatic heterocycles. The number of halogens is 1. The van der Waals surface area contributed by atoms with Crippen LogP contribution in [0.4, 0.5) is 5.69 Å². The van der Waals surface area contributed by atoms with Gasteiger partial charge < -0.3 is 10.4 Å². The predicted molar refractivity (Wildman–Crippen MR) is 54.7 cm³/mol. The molecule has 0 aromatic carbocycles. The first-order valence-electron chi connectivity index (χ1n) is 4.16. The zero-order valence-corrected chi connectivity index (χ0v) is 8.65. The van der Waals surface area contributed by atoms with E-state index in [0.29, 0.717) is 5.69 Å². The molecule has 1 rings (SSSR count). The van der Waals surface area contributed by atoms with Gasteiger partial charge in [0.05, 0.1) is 5.69 Å². The topological polar surface area (TPSA) is 79.3 Å². The average molecular weight is 229 g/mol. The van der Waals surface area contributed by atoms with Gasteiger partial charge in [-0.15, -0.1) is 0 Å². The largest absolute Gasteiger partial charge is 0.481 e. The number of carboxylic acid groups (broad SMARTS) is 1.